The van der Waals surface area contributed by atoms with E-state index in [1.54, 1.807) is 18.2 Å². The van der Waals surface area contributed by atoms with E-state index in [1.807, 2.05) is 6.07 Å². The van der Waals surface area contributed by atoms with Crippen molar-refractivity contribution in [3.05, 3.63) is 71.6 Å². The first-order valence-electron chi connectivity index (χ1n) is 6.32. The van der Waals surface area contributed by atoms with E-state index in [0.29, 0.717) is 11.0 Å². The topological polar surface area (TPSA) is 42.9 Å². The van der Waals surface area contributed by atoms with Crippen LogP contribution in [0.25, 0.3) is 11.0 Å². The molecule has 0 N–H and O–H groups in total. The van der Waals surface area contributed by atoms with Gasteiger partial charge in [0.2, 0.25) is 0 Å². The number of ketones is 1. The lowest BCUT2D eigenvalue weighted by Gasteiger charge is -2.03. The van der Waals surface area contributed by atoms with Crippen LogP contribution in [0.2, 0.25) is 0 Å². The van der Waals surface area contributed by atoms with Gasteiger partial charge in [0.25, 0.3) is 0 Å². The zero-order chi connectivity index (χ0) is 14.8. The van der Waals surface area contributed by atoms with Gasteiger partial charge >= 0.3 is 0 Å². The van der Waals surface area contributed by atoms with Crippen molar-refractivity contribution >= 4 is 16.8 Å². The third kappa shape index (κ3) is 2.91. The second-order valence-electron chi connectivity index (χ2n) is 4.62. The fraction of sp³-hybridized carbons (Fsp3) is 0.0625. The van der Waals surface area contributed by atoms with Gasteiger partial charge in [-0.1, -0.05) is 12.1 Å². The first kappa shape index (κ1) is 13.3. The summed E-state index contributed by atoms with van der Waals surface area (Å²) in [5, 5.41) is 0. The Morgan fingerprint density at radius 2 is 1.67 bits per heavy atom. The molecule has 5 heteroatoms. The number of aromatic nitrogens is 2. The number of fused-ring (bicyclic) bond motifs is 1. The second-order valence-corrected chi connectivity index (χ2v) is 4.62. The predicted molar refractivity (Wildman–Crippen MR) is 73.9 cm³/mol. The van der Waals surface area contributed by atoms with Crippen molar-refractivity contribution in [2.45, 2.75) is 6.42 Å². The van der Waals surface area contributed by atoms with Crippen molar-refractivity contribution in [3.63, 3.8) is 0 Å². The number of carbonyl (C=O) groups is 1. The van der Waals surface area contributed by atoms with Crippen molar-refractivity contribution < 1.29 is 13.6 Å². The van der Waals surface area contributed by atoms with E-state index in [2.05, 4.69) is 9.97 Å². The number of carbonyl (C=O) groups excluding carboxylic acids is 1. The predicted octanol–water partition coefficient (Wildman–Crippen LogP) is 3.33. The van der Waals surface area contributed by atoms with Gasteiger partial charge in [-0.15, -0.1) is 0 Å². The van der Waals surface area contributed by atoms with E-state index in [0.717, 1.165) is 18.2 Å². The molecule has 2 aromatic carbocycles. The lowest BCUT2D eigenvalue weighted by atomic mass is 10.1. The van der Waals surface area contributed by atoms with Gasteiger partial charge in [-0.3, -0.25) is 9.78 Å². The Morgan fingerprint density at radius 3 is 2.38 bits per heavy atom. The van der Waals surface area contributed by atoms with E-state index < -0.39 is 11.6 Å². The highest BCUT2D eigenvalue weighted by Crippen LogP contribution is 2.13. The molecule has 21 heavy (non-hydrogen) atoms. The van der Waals surface area contributed by atoms with Gasteiger partial charge in [0, 0.05) is 12.5 Å². The van der Waals surface area contributed by atoms with Crippen molar-refractivity contribution in [1.29, 1.82) is 0 Å². The Kier molecular flexibility index (Phi) is 3.39. The average molecular weight is 284 g/mol. The Balaban J connectivity index is 1.89. The van der Waals surface area contributed by atoms with Crippen LogP contribution in [0.15, 0.2) is 48.7 Å². The first-order chi connectivity index (χ1) is 10.1. The molecule has 0 aliphatic carbocycles. The average Bonchev–Trinajstić information content (AvgIpc) is 2.45. The van der Waals surface area contributed by atoms with Crippen LogP contribution in [-0.2, 0) is 6.42 Å². The maximum absolute atomic E-state index is 13.1. The number of nitrogens with zero attached hydrogens (tertiary/aromatic N) is 2. The number of halogens is 2. The number of para-hydroxylation sites is 2. The molecule has 0 fully saturated rings. The van der Waals surface area contributed by atoms with Crippen LogP contribution in [0.3, 0.4) is 0 Å². The van der Waals surface area contributed by atoms with Gasteiger partial charge in [-0.25, -0.2) is 13.8 Å². The summed E-state index contributed by atoms with van der Waals surface area (Å²) in [6.45, 7) is 0. The largest absolute Gasteiger partial charge is 0.292 e. The summed E-state index contributed by atoms with van der Waals surface area (Å²) in [7, 11) is 0. The summed E-state index contributed by atoms with van der Waals surface area (Å²) in [6.07, 6.45) is 1.25. The van der Waals surface area contributed by atoms with Crippen LogP contribution in [0, 0.1) is 11.6 Å². The zero-order valence-electron chi connectivity index (χ0n) is 10.9. The molecule has 3 rings (SSSR count). The fourth-order valence-corrected chi connectivity index (χ4v) is 2.08. The Labute approximate surface area is 119 Å². The molecule has 0 bridgehead atoms. The summed E-state index contributed by atoms with van der Waals surface area (Å²) in [4.78, 5) is 20.5. The first-order valence-corrected chi connectivity index (χ1v) is 6.32. The molecule has 0 saturated carbocycles. The van der Waals surface area contributed by atoms with E-state index in [4.69, 9.17) is 0 Å². The highest BCUT2D eigenvalue weighted by Gasteiger charge is 2.11. The minimum atomic E-state index is -0.706. The quantitative estimate of drug-likeness (QED) is 0.693. The Morgan fingerprint density at radius 1 is 1.00 bits per heavy atom. The SMILES string of the molecule is O=C(Cc1cc(F)cc(F)c1)c1cnc2ccccc2n1. The number of hydrogen-bond acceptors (Lipinski definition) is 3. The Hall–Kier alpha value is -2.69. The minimum Gasteiger partial charge on any atom is -0.292 e. The molecule has 0 atom stereocenters. The number of benzene rings is 2. The van der Waals surface area contributed by atoms with Crippen LogP contribution in [0.1, 0.15) is 16.1 Å². The van der Waals surface area contributed by atoms with Crippen molar-refractivity contribution in [1.82, 2.24) is 9.97 Å². The third-order valence-corrected chi connectivity index (χ3v) is 3.02. The molecule has 0 unspecified atom stereocenters. The smallest absolute Gasteiger partial charge is 0.187 e. The lowest BCUT2D eigenvalue weighted by Crippen LogP contribution is -2.07. The summed E-state index contributed by atoms with van der Waals surface area (Å²) < 4.78 is 26.2. The number of rotatable bonds is 3. The number of hydrogen-bond donors (Lipinski definition) is 0. The zero-order valence-corrected chi connectivity index (χ0v) is 10.9. The molecule has 3 aromatic rings. The summed E-state index contributed by atoms with van der Waals surface area (Å²) in [6, 6.07) is 10.2. The maximum Gasteiger partial charge on any atom is 0.187 e. The summed E-state index contributed by atoms with van der Waals surface area (Å²) in [5.41, 5.74) is 1.74. The molecule has 1 heterocycles. The van der Waals surface area contributed by atoms with Gasteiger partial charge in [0.05, 0.1) is 17.2 Å². The fourth-order valence-electron chi connectivity index (χ4n) is 2.08. The van der Waals surface area contributed by atoms with Gasteiger partial charge in [0.1, 0.15) is 17.3 Å². The molecule has 1 aromatic heterocycles. The van der Waals surface area contributed by atoms with E-state index >= 15 is 0 Å². The Bertz CT molecular complexity index is 813. The standard InChI is InChI=1S/C16H10F2N2O/c17-11-5-10(6-12(18)8-11)7-16(21)15-9-19-13-3-1-2-4-14(13)20-15/h1-6,8-9H,7H2. The molecule has 0 aliphatic heterocycles. The van der Waals surface area contributed by atoms with Gasteiger partial charge < -0.3 is 0 Å². The van der Waals surface area contributed by atoms with Crippen LogP contribution >= 0.6 is 0 Å². The minimum absolute atomic E-state index is 0.123. The molecule has 0 radical (unpaired) electrons. The molecule has 104 valence electrons. The molecular weight excluding hydrogens is 274 g/mol. The summed E-state index contributed by atoms with van der Waals surface area (Å²) >= 11 is 0. The number of Topliss-reactive ketones (excluding diaryl/α,β-unsaturated/α-hetero) is 1. The molecular formula is C16H10F2N2O. The normalized spacial score (nSPS) is 10.8. The summed E-state index contributed by atoms with van der Waals surface area (Å²) in [5.74, 6) is -1.75. The van der Waals surface area contributed by atoms with Gasteiger partial charge in [-0.05, 0) is 29.8 Å². The van der Waals surface area contributed by atoms with Crippen LogP contribution < -0.4 is 0 Å². The van der Waals surface area contributed by atoms with E-state index in [-0.39, 0.29) is 23.5 Å². The van der Waals surface area contributed by atoms with Crippen LogP contribution in [0.5, 0.6) is 0 Å². The van der Waals surface area contributed by atoms with E-state index in [9.17, 15) is 13.6 Å². The molecule has 3 nitrogen and oxygen atoms in total. The van der Waals surface area contributed by atoms with E-state index in [1.165, 1.54) is 6.20 Å². The highest BCUT2D eigenvalue weighted by molar-refractivity contribution is 5.96. The van der Waals surface area contributed by atoms with Gasteiger partial charge in [-0.2, -0.15) is 0 Å². The monoisotopic (exact) mass is 284 g/mol. The van der Waals surface area contributed by atoms with Crippen molar-refractivity contribution in [2.24, 2.45) is 0 Å². The molecule has 0 amide bonds. The lowest BCUT2D eigenvalue weighted by molar-refractivity contribution is 0.0988. The highest BCUT2D eigenvalue weighted by atomic mass is 19.1. The molecule has 0 spiro atoms. The van der Waals surface area contributed by atoms with Crippen LogP contribution in [0.4, 0.5) is 8.78 Å². The van der Waals surface area contributed by atoms with Crippen molar-refractivity contribution in [2.75, 3.05) is 0 Å². The second kappa shape index (κ2) is 5.36. The van der Waals surface area contributed by atoms with Crippen LogP contribution in [-0.4, -0.2) is 15.8 Å². The van der Waals surface area contributed by atoms with Crippen molar-refractivity contribution in [3.8, 4) is 0 Å². The van der Waals surface area contributed by atoms with Gasteiger partial charge in [0.15, 0.2) is 5.78 Å². The molecule has 0 aliphatic rings. The maximum atomic E-state index is 13.1. The third-order valence-electron chi connectivity index (χ3n) is 3.02. The molecule has 0 saturated heterocycles.